The molecule has 0 aliphatic carbocycles. The van der Waals surface area contributed by atoms with E-state index >= 15 is 0 Å². The van der Waals surface area contributed by atoms with Crippen LogP contribution in [0.3, 0.4) is 0 Å². The molecule has 0 spiro atoms. The first kappa shape index (κ1) is 20.8. The number of nitrogens with zero attached hydrogens (tertiary/aromatic N) is 3. The van der Waals surface area contributed by atoms with E-state index in [0.717, 1.165) is 6.07 Å². The zero-order chi connectivity index (χ0) is 22.1. The fourth-order valence-corrected chi connectivity index (χ4v) is 3.61. The highest BCUT2D eigenvalue weighted by Crippen LogP contribution is 2.30. The van der Waals surface area contributed by atoms with Gasteiger partial charge in [-0.25, -0.2) is 28.1 Å². The first-order valence-corrected chi connectivity index (χ1v) is 9.82. The Morgan fingerprint density at radius 1 is 1.23 bits per heavy atom. The predicted octanol–water partition coefficient (Wildman–Crippen LogP) is 3.88. The van der Waals surface area contributed by atoms with Crippen molar-refractivity contribution in [1.82, 2.24) is 20.3 Å². The Balaban J connectivity index is 1.65. The average molecular weight is 430 g/mol. The van der Waals surface area contributed by atoms with Gasteiger partial charge in [-0.05, 0) is 19.9 Å². The van der Waals surface area contributed by atoms with E-state index in [2.05, 4.69) is 30.9 Å². The van der Waals surface area contributed by atoms with E-state index in [9.17, 15) is 18.0 Å². The first-order valence-electron chi connectivity index (χ1n) is 9.82. The van der Waals surface area contributed by atoms with Gasteiger partial charge in [-0.2, -0.15) is 0 Å². The number of halogens is 3. The molecular formula is C21H21F3N6O. The molecule has 2 unspecified atom stereocenters. The van der Waals surface area contributed by atoms with Gasteiger partial charge in [0, 0.05) is 23.9 Å². The van der Waals surface area contributed by atoms with E-state index in [-0.39, 0.29) is 17.5 Å². The smallest absolute Gasteiger partial charge is 0.266 e. The summed E-state index contributed by atoms with van der Waals surface area (Å²) in [5.74, 6) is 0.500. The fraction of sp³-hybridized carbons (Fsp3) is 0.333. The highest BCUT2D eigenvalue weighted by Gasteiger charge is 2.23. The quantitative estimate of drug-likeness (QED) is 0.550. The Hall–Kier alpha value is -3.43. The number of pyridine rings is 1. The first-order chi connectivity index (χ1) is 14.8. The Morgan fingerprint density at radius 2 is 2.00 bits per heavy atom. The number of alkyl halides is 2. The van der Waals surface area contributed by atoms with Gasteiger partial charge in [-0.1, -0.05) is 18.2 Å². The van der Waals surface area contributed by atoms with Gasteiger partial charge in [0.1, 0.15) is 23.3 Å². The number of aryl methyl sites for hydroxylation is 1. The minimum atomic E-state index is -2.90. The van der Waals surface area contributed by atoms with E-state index in [1.807, 2.05) is 0 Å². The molecule has 31 heavy (non-hydrogen) atoms. The second-order valence-electron chi connectivity index (χ2n) is 7.47. The van der Waals surface area contributed by atoms with Crippen molar-refractivity contribution >= 4 is 28.4 Å². The summed E-state index contributed by atoms with van der Waals surface area (Å²) in [6, 6.07) is 4.99. The summed E-state index contributed by atoms with van der Waals surface area (Å²) < 4.78 is 40.7. The van der Waals surface area contributed by atoms with Crippen molar-refractivity contribution in [2.45, 2.75) is 38.8 Å². The molecule has 1 aliphatic rings. The Kier molecular flexibility index (Phi) is 5.62. The fourth-order valence-electron chi connectivity index (χ4n) is 3.61. The standard InChI is InChI=1S/C21H21F3N6O/c1-10(13-4-3-5-14(19(13)22)20(23)24)27-21-15-7-17(30-12-6-18(31)26-8-12)25-9-16(15)28-11(2)29-21/h3-5,7,9-10,12,20H,6,8H2,1-2H3,(H,25,30)(H,26,31)(H,27,28,29). The van der Waals surface area contributed by atoms with Gasteiger partial charge in [0.15, 0.2) is 0 Å². The second-order valence-corrected chi connectivity index (χ2v) is 7.47. The largest absolute Gasteiger partial charge is 0.365 e. The lowest BCUT2D eigenvalue weighted by Crippen LogP contribution is -2.22. The number of anilines is 2. The number of amides is 1. The van der Waals surface area contributed by atoms with Crippen molar-refractivity contribution in [2.75, 3.05) is 17.2 Å². The van der Waals surface area contributed by atoms with Crippen LogP contribution in [0.15, 0.2) is 30.5 Å². The lowest BCUT2D eigenvalue weighted by atomic mass is 10.0. The number of rotatable bonds is 6. The van der Waals surface area contributed by atoms with Crippen molar-refractivity contribution in [3.63, 3.8) is 0 Å². The molecule has 4 rings (SSSR count). The van der Waals surface area contributed by atoms with Gasteiger partial charge < -0.3 is 16.0 Å². The third kappa shape index (κ3) is 4.37. The summed E-state index contributed by atoms with van der Waals surface area (Å²) >= 11 is 0. The maximum Gasteiger partial charge on any atom is 0.266 e. The molecule has 162 valence electrons. The maximum absolute atomic E-state index is 14.6. The van der Waals surface area contributed by atoms with Crippen molar-refractivity contribution in [3.05, 3.63) is 53.2 Å². The molecule has 2 atom stereocenters. The number of hydrogen-bond donors (Lipinski definition) is 3. The molecule has 0 saturated carbocycles. The summed E-state index contributed by atoms with van der Waals surface area (Å²) in [7, 11) is 0. The summed E-state index contributed by atoms with van der Waals surface area (Å²) in [4.78, 5) is 24.6. The summed E-state index contributed by atoms with van der Waals surface area (Å²) in [5.41, 5.74) is 0.0608. The van der Waals surface area contributed by atoms with E-state index in [0.29, 0.717) is 41.3 Å². The zero-order valence-electron chi connectivity index (χ0n) is 16.9. The van der Waals surface area contributed by atoms with Crippen LogP contribution >= 0.6 is 0 Å². The van der Waals surface area contributed by atoms with E-state index in [1.165, 1.54) is 12.1 Å². The van der Waals surface area contributed by atoms with Gasteiger partial charge in [0.05, 0.1) is 29.4 Å². The number of carbonyl (C=O) groups excluding carboxylic acids is 1. The average Bonchev–Trinajstić information content (AvgIpc) is 3.12. The highest BCUT2D eigenvalue weighted by atomic mass is 19.3. The molecule has 7 nitrogen and oxygen atoms in total. The number of aromatic nitrogens is 3. The van der Waals surface area contributed by atoms with Gasteiger partial charge >= 0.3 is 0 Å². The lowest BCUT2D eigenvalue weighted by molar-refractivity contribution is -0.119. The van der Waals surface area contributed by atoms with Gasteiger partial charge in [-0.15, -0.1) is 0 Å². The summed E-state index contributed by atoms with van der Waals surface area (Å²) in [5, 5.41) is 9.71. The van der Waals surface area contributed by atoms with Gasteiger partial charge in [0.2, 0.25) is 5.91 Å². The third-order valence-electron chi connectivity index (χ3n) is 5.14. The topological polar surface area (TPSA) is 91.8 Å². The molecule has 1 fully saturated rings. The number of fused-ring (bicyclic) bond motifs is 1. The molecule has 0 bridgehead atoms. The van der Waals surface area contributed by atoms with Crippen LogP contribution in [0.1, 0.15) is 42.8 Å². The predicted molar refractivity (Wildman–Crippen MR) is 111 cm³/mol. The molecule has 3 heterocycles. The maximum atomic E-state index is 14.6. The molecule has 10 heteroatoms. The molecule has 1 saturated heterocycles. The number of carbonyl (C=O) groups is 1. The number of benzene rings is 1. The van der Waals surface area contributed by atoms with Crippen LogP contribution in [0.5, 0.6) is 0 Å². The number of nitrogens with one attached hydrogen (secondary N) is 3. The third-order valence-corrected chi connectivity index (χ3v) is 5.14. The van der Waals surface area contributed by atoms with Crippen LogP contribution < -0.4 is 16.0 Å². The minimum absolute atomic E-state index is 0.0264. The molecular weight excluding hydrogens is 409 g/mol. The van der Waals surface area contributed by atoms with E-state index in [1.54, 1.807) is 26.1 Å². The monoisotopic (exact) mass is 430 g/mol. The molecule has 1 aliphatic heterocycles. The molecule has 0 radical (unpaired) electrons. The molecule has 3 aromatic rings. The Bertz CT molecular complexity index is 1140. The van der Waals surface area contributed by atoms with E-state index < -0.39 is 23.8 Å². The molecule has 3 N–H and O–H groups in total. The van der Waals surface area contributed by atoms with Crippen molar-refractivity contribution in [1.29, 1.82) is 0 Å². The zero-order valence-corrected chi connectivity index (χ0v) is 16.9. The van der Waals surface area contributed by atoms with Gasteiger partial charge in [0.25, 0.3) is 6.43 Å². The Morgan fingerprint density at radius 3 is 2.71 bits per heavy atom. The van der Waals surface area contributed by atoms with Crippen molar-refractivity contribution in [3.8, 4) is 0 Å². The second kappa shape index (κ2) is 8.37. The normalized spacial score (nSPS) is 17.1. The molecule has 2 aromatic heterocycles. The molecule has 1 amide bonds. The van der Waals surface area contributed by atoms with Crippen LogP contribution in [-0.2, 0) is 4.79 Å². The van der Waals surface area contributed by atoms with Crippen LogP contribution in [0, 0.1) is 12.7 Å². The van der Waals surface area contributed by atoms with Crippen LogP contribution in [0.2, 0.25) is 0 Å². The lowest BCUT2D eigenvalue weighted by Gasteiger charge is -2.19. The van der Waals surface area contributed by atoms with Crippen LogP contribution in [0.4, 0.5) is 24.8 Å². The molecule has 1 aromatic carbocycles. The Labute approximate surface area is 176 Å². The minimum Gasteiger partial charge on any atom is -0.365 e. The van der Waals surface area contributed by atoms with Crippen molar-refractivity contribution < 1.29 is 18.0 Å². The highest BCUT2D eigenvalue weighted by molar-refractivity contribution is 5.90. The SMILES string of the molecule is Cc1nc(NC(C)c2cccc(C(F)F)c2F)c2cc(NC3CNC(=O)C3)ncc2n1. The summed E-state index contributed by atoms with van der Waals surface area (Å²) in [6.45, 7) is 3.90. The summed E-state index contributed by atoms with van der Waals surface area (Å²) in [6.07, 6.45) is -0.956. The van der Waals surface area contributed by atoms with Crippen LogP contribution in [-0.4, -0.2) is 33.4 Å². The van der Waals surface area contributed by atoms with Crippen LogP contribution in [0.25, 0.3) is 10.9 Å². The van der Waals surface area contributed by atoms with Crippen molar-refractivity contribution in [2.24, 2.45) is 0 Å². The number of hydrogen-bond acceptors (Lipinski definition) is 6. The van der Waals surface area contributed by atoms with Gasteiger partial charge in [-0.3, -0.25) is 4.79 Å². The van der Waals surface area contributed by atoms with E-state index in [4.69, 9.17) is 0 Å².